The monoisotopic (exact) mass is 404 g/mol. The summed E-state index contributed by atoms with van der Waals surface area (Å²) in [6.45, 7) is 2.71. The lowest BCUT2D eigenvalue weighted by Crippen LogP contribution is -2.42. The van der Waals surface area contributed by atoms with Gasteiger partial charge in [-0.1, -0.05) is 30.3 Å². The molecule has 1 aromatic heterocycles. The van der Waals surface area contributed by atoms with E-state index in [1.807, 2.05) is 55.5 Å². The number of fused-ring (bicyclic) bond motifs is 1. The molecule has 0 radical (unpaired) electrons. The molecule has 30 heavy (non-hydrogen) atoms. The van der Waals surface area contributed by atoms with Gasteiger partial charge in [-0.3, -0.25) is 4.79 Å². The normalized spacial score (nSPS) is 12.9. The van der Waals surface area contributed by atoms with Crippen LogP contribution in [-0.4, -0.2) is 34.6 Å². The van der Waals surface area contributed by atoms with E-state index in [4.69, 9.17) is 4.74 Å². The number of hydrogen-bond acceptors (Lipinski definition) is 4. The first-order valence-corrected chi connectivity index (χ1v) is 9.89. The van der Waals surface area contributed by atoms with Crippen molar-refractivity contribution in [2.24, 2.45) is 0 Å². The number of H-pyrrole nitrogens is 1. The quantitative estimate of drug-likeness (QED) is 0.699. The molecule has 7 nitrogen and oxygen atoms in total. The molecule has 0 unspecified atom stereocenters. The van der Waals surface area contributed by atoms with Crippen molar-refractivity contribution in [2.45, 2.75) is 26.3 Å². The maximum absolute atomic E-state index is 12.7. The number of aromatic nitrogens is 2. The second kappa shape index (κ2) is 8.41. The van der Waals surface area contributed by atoms with Gasteiger partial charge in [-0.15, -0.1) is 0 Å². The summed E-state index contributed by atoms with van der Waals surface area (Å²) in [5, 5.41) is 2.93. The highest BCUT2D eigenvalue weighted by Gasteiger charge is 2.24. The number of aryl methyl sites for hydroxylation is 1. The number of aromatic amines is 1. The minimum atomic E-state index is -0.211. The van der Waals surface area contributed by atoms with Gasteiger partial charge in [0.15, 0.2) is 0 Å². The summed E-state index contributed by atoms with van der Waals surface area (Å²) in [6.07, 6.45) is 1.08. The summed E-state index contributed by atoms with van der Waals surface area (Å²) in [6, 6.07) is 15.1. The van der Waals surface area contributed by atoms with E-state index in [0.717, 1.165) is 28.3 Å². The predicted octanol–water partition coefficient (Wildman–Crippen LogP) is 3.27. The van der Waals surface area contributed by atoms with Crippen LogP contribution in [-0.2, 0) is 19.4 Å². The molecule has 0 fully saturated rings. The number of carbonyl (C=O) groups is 1. The SMILES string of the molecule is COc1ccc(Cc2nc3c(c(=O)[nH]2)CN(C(=O)Nc2ccccc2C)CC3)cc1. The van der Waals surface area contributed by atoms with E-state index in [2.05, 4.69) is 15.3 Å². The Bertz CT molecular complexity index is 1120. The zero-order valence-electron chi connectivity index (χ0n) is 17.1. The van der Waals surface area contributed by atoms with Gasteiger partial charge in [0.05, 0.1) is 24.9 Å². The second-order valence-corrected chi connectivity index (χ2v) is 7.38. The molecule has 2 heterocycles. The van der Waals surface area contributed by atoms with Crippen molar-refractivity contribution in [2.75, 3.05) is 19.0 Å². The number of ether oxygens (including phenoxy) is 1. The van der Waals surface area contributed by atoms with Crippen molar-refractivity contribution in [1.82, 2.24) is 14.9 Å². The van der Waals surface area contributed by atoms with Gasteiger partial charge in [-0.05, 0) is 36.2 Å². The van der Waals surface area contributed by atoms with Gasteiger partial charge in [-0.25, -0.2) is 9.78 Å². The number of carbonyl (C=O) groups excluding carboxylic acids is 1. The molecule has 0 bridgehead atoms. The standard InChI is InChI=1S/C23H24N4O3/c1-15-5-3-4-6-19(15)25-23(29)27-12-11-20-18(14-27)22(28)26-21(24-20)13-16-7-9-17(30-2)10-8-16/h3-10H,11-14H2,1-2H3,(H,25,29)(H,24,26,28). The van der Waals surface area contributed by atoms with E-state index in [1.165, 1.54) is 0 Å². The first kappa shape index (κ1) is 19.7. The third-order valence-corrected chi connectivity index (χ3v) is 5.32. The van der Waals surface area contributed by atoms with Crippen LogP contribution in [0.1, 0.15) is 28.2 Å². The largest absolute Gasteiger partial charge is 0.497 e. The van der Waals surface area contributed by atoms with E-state index in [1.54, 1.807) is 12.0 Å². The fourth-order valence-corrected chi connectivity index (χ4v) is 3.58. The van der Waals surface area contributed by atoms with Gasteiger partial charge < -0.3 is 19.9 Å². The second-order valence-electron chi connectivity index (χ2n) is 7.38. The van der Waals surface area contributed by atoms with E-state index in [0.29, 0.717) is 30.8 Å². The van der Waals surface area contributed by atoms with Crippen LogP contribution < -0.4 is 15.6 Å². The molecule has 0 saturated heterocycles. The average Bonchev–Trinajstić information content (AvgIpc) is 2.75. The molecule has 0 saturated carbocycles. The highest BCUT2D eigenvalue weighted by molar-refractivity contribution is 5.90. The van der Waals surface area contributed by atoms with Crippen molar-refractivity contribution < 1.29 is 9.53 Å². The molecule has 1 aliphatic rings. The molecule has 1 aliphatic heterocycles. The summed E-state index contributed by atoms with van der Waals surface area (Å²) in [7, 11) is 1.63. The third-order valence-electron chi connectivity index (χ3n) is 5.32. The molecule has 3 aromatic rings. The Balaban J connectivity index is 1.48. The molecule has 2 aromatic carbocycles. The third kappa shape index (κ3) is 4.20. The van der Waals surface area contributed by atoms with Gasteiger partial charge in [-0.2, -0.15) is 0 Å². The van der Waals surface area contributed by atoms with Crippen LogP contribution in [0.25, 0.3) is 0 Å². The Hall–Kier alpha value is -3.61. The number of para-hydroxylation sites is 1. The zero-order valence-corrected chi connectivity index (χ0v) is 17.1. The van der Waals surface area contributed by atoms with Crippen LogP contribution in [0.5, 0.6) is 5.75 Å². The van der Waals surface area contributed by atoms with Crippen LogP contribution in [0.15, 0.2) is 53.3 Å². The van der Waals surface area contributed by atoms with Crippen LogP contribution in [0.3, 0.4) is 0 Å². The minimum Gasteiger partial charge on any atom is -0.497 e. The maximum atomic E-state index is 12.7. The van der Waals surface area contributed by atoms with Crippen molar-refractivity contribution in [3.63, 3.8) is 0 Å². The molecule has 0 aliphatic carbocycles. The van der Waals surface area contributed by atoms with Crippen molar-refractivity contribution in [3.8, 4) is 5.75 Å². The highest BCUT2D eigenvalue weighted by atomic mass is 16.5. The molecule has 2 amide bonds. The fraction of sp³-hybridized carbons (Fsp3) is 0.261. The average molecular weight is 404 g/mol. The number of urea groups is 1. The first-order valence-electron chi connectivity index (χ1n) is 9.89. The molecule has 7 heteroatoms. The zero-order chi connectivity index (χ0) is 21.1. The van der Waals surface area contributed by atoms with Gasteiger partial charge in [0.2, 0.25) is 0 Å². The van der Waals surface area contributed by atoms with Crippen LogP contribution in [0.2, 0.25) is 0 Å². The van der Waals surface area contributed by atoms with Gasteiger partial charge >= 0.3 is 6.03 Å². The molecular formula is C23H24N4O3. The van der Waals surface area contributed by atoms with Crippen LogP contribution >= 0.6 is 0 Å². The topological polar surface area (TPSA) is 87.3 Å². The number of rotatable bonds is 4. The van der Waals surface area contributed by atoms with E-state index >= 15 is 0 Å². The number of amides is 2. The molecule has 154 valence electrons. The van der Waals surface area contributed by atoms with Gasteiger partial charge in [0, 0.05) is 25.1 Å². The lowest BCUT2D eigenvalue weighted by atomic mass is 10.1. The van der Waals surface area contributed by atoms with Gasteiger partial charge in [0.1, 0.15) is 11.6 Å². The number of methoxy groups -OCH3 is 1. The molecule has 2 N–H and O–H groups in total. The Labute approximate surface area is 174 Å². The van der Waals surface area contributed by atoms with Crippen LogP contribution in [0, 0.1) is 6.92 Å². The summed E-state index contributed by atoms with van der Waals surface area (Å²) in [4.78, 5) is 34.5. The fourth-order valence-electron chi connectivity index (χ4n) is 3.58. The number of anilines is 1. The smallest absolute Gasteiger partial charge is 0.322 e. The van der Waals surface area contributed by atoms with Crippen molar-refractivity contribution in [1.29, 1.82) is 0 Å². The predicted molar refractivity (Wildman–Crippen MR) is 115 cm³/mol. The summed E-state index contributed by atoms with van der Waals surface area (Å²) < 4.78 is 5.18. The van der Waals surface area contributed by atoms with E-state index in [9.17, 15) is 9.59 Å². The van der Waals surface area contributed by atoms with Crippen molar-refractivity contribution in [3.05, 3.63) is 87.1 Å². The first-order chi connectivity index (χ1) is 14.5. The molecule has 0 spiro atoms. The van der Waals surface area contributed by atoms with Gasteiger partial charge in [0.25, 0.3) is 5.56 Å². The number of nitrogens with zero attached hydrogens (tertiary/aromatic N) is 2. The minimum absolute atomic E-state index is 0.183. The Morgan fingerprint density at radius 3 is 2.70 bits per heavy atom. The summed E-state index contributed by atoms with van der Waals surface area (Å²) in [5.74, 6) is 1.41. The van der Waals surface area contributed by atoms with Crippen molar-refractivity contribution >= 4 is 11.7 Å². The highest BCUT2D eigenvalue weighted by Crippen LogP contribution is 2.19. The van der Waals surface area contributed by atoms with Crippen LogP contribution in [0.4, 0.5) is 10.5 Å². The Kier molecular flexibility index (Phi) is 5.52. The lowest BCUT2D eigenvalue weighted by molar-refractivity contribution is 0.205. The summed E-state index contributed by atoms with van der Waals surface area (Å²) in [5.41, 5.74) is 3.94. The summed E-state index contributed by atoms with van der Waals surface area (Å²) >= 11 is 0. The Morgan fingerprint density at radius 2 is 1.97 bits per heavy atom. The molecule has 0 atom stereocenters. The lowest BCUT2D eigenvalue weighted by Gasteiger charge is -2.28. The molecule has 4 rings (SSSR count). The number of nitrogens with one attached hydrogen (secondary N) is 2. The molecular weight excluding hydrogens is 380 g/mol. The number of hydrogen-bond donors (Lipinski definition) is 2. The van der Waals surface area contributed by atoms with E-state index in [-0.39, 0.29) is 18.1 Å². The van der Waals surface area contributed by atoms with E-state index < -0.39 is 0 Å². The number of benzene rings is 2. The maximum Gasteiger partial charge on any atom is 0.322 e. The Morgan fingerprint density at radius 1 is 1.20 bits per heavy atom.